The van der Waals surface area contributed by atoms with Crippen LogP contribution < -0.4 is 4.90 Å². The highest BCUT2D eigenvalue weighted by Gasteiger charge is 2.20. The highest BCUT2D eigenvalue weighted by atomic mass is 19.1. The van der Waals surface area contributed by atoms with Crippen molar-refractivity contribution in [1.82, 2.24) is 4.57 Å². The van der Waals surface area contributed by atoms with E-state index >= 15 is 0 Å². The van der Waals surface area contributed by atoms with Crippen molar-refractivity contribution in [3.8, 4) is 5.69 Å². The number of hydrogen-bond acceptors (Lipinski definition) is 1. The first-order valence-electron chi connectivity index (χ1n) is 17.9. The molecule has 252 valence electrons. The quantitative estimate of drug-likeness (QED) is 0.145. The number of para-hydroxylation sites is 2. The monoisotopic (exact) mass is 682 g/mol. The largest absolute Gasteiger partial charge is 0.310 e. The van der Waals surface area contributed by atoms with E-state index in [1.807, 2.05) is 12.1 Å². The van der Waals surface area contributed by atoms with Crippen LogP contribution in [0.2, 0.25) is 0 Å². The molecule has 0 spiro atoms. The van der Waals surface area contributed by atoms with Gasteiger partial charge in [-0.3, -0.25) is 0 Å². The van der Waals surface area contributed by atoms with E-state index in [0.29, 0.717) is 0 Å². The maximum absolute atomic E-state index is 14.0. The predicted octanol–water partition coefficient (Wildman–Crippen LogP) is 13.4. The van der Waals surface area contributed by atoms with Gasteiger partial charge in [-0.15, -0.1) is 0 Å². The minimum Gasteiger partial charge on any atom is -0.310 e. The third kappa shape index (κ3) is 6.09. The third-order valence-electron chi connectivity index (χ3n) is 9.84. The zero-order valence-electron chi connectivity index (χ0n) is 29.0. The normalized spacial score (nSPS) is 11.1. The summed E-state index contributed by atoms with van der Waals surface area (Å²) in [5.74, 6) is -0.248. The van der Waals surface area contributed by atoms with Crippen LogP contribution in [0.3, 0.4) is 0 Å². The van der Waals surface area contributed by atoms with Crippen LogP contribution in [0, 0.1) is 5.82 Å². The molecular weight excluding hydrogens is 648 g/mol. The van der Waals surface area contributed by atoms with Crippen LogP contribution in [-0.4, -0.2) is 4.57 Å². The summed E-state index contributed by atoms with van der Waals surface area (Å²) < 4.78 is 16.2. The molecule has 2 nitrogen and oxygen atoms in total. The molecule has 0 saturated carbocycles. The maximum Gasteiger partial charge on any atom is 0.123 e. The fourth-order valence-electron chi connectivity index (χ4n) is 7.52. The van der Waals surface area contributed by atoms with Gasteiger partial charge in [-0.05, 0) is 106 Å². The summed E-state index contributed by atoms with van der Waals surface area (Å²) in [6.45, 7) is 0. The molecule has 0 aliphatic rings. The minimum absolute atomic E-state index is 0.248. The molecule has 0 atom stereocenters. The van der Waals surface area contributed by atoms with E-state index in [4.69, 9.17) is 0 Å². The van der Waals surface area contributed by atoms with E-state index in [-0.39, 0.29) is 5.82 Å². The molecule has 9 rings (SSSR count). The fourth-order valence-corrected chi connectivity index (χ4v) is 7.52. The molecule has 9 aromatic rings. The van der Waals surface area contributed by atoms with Gasteiger partial charge in [0.2, 0.25) is 0 Å². The number of nitrogens with zero attached hydrogens (tertiary/aromatic N) is 2. The molecule has 1 heterocycles. The summed E-state index contributed by atoms with van der Waals surface area (Å²) in [5.41, 5.74) is 13.1. The van der Waals surface area contributed by atoms with E-state index < -0.39 is 0 Å². The zero-order valence-corrected chi connectivity index (χ0v) is 29.0. The average molecular weight is 683 g/mol. The molecule has 0 fully saturated rings. The summed E-state index contributed by atoms with van der Waals surface area (Å²) in [7, 11) is 0. The standard InChI is InChI=1S/C50H35FN2/c51-40-28-30-42(31-29-40)53-47-27-14-13-26-45(47)46-35-44(32-33-48(46)53)52(41-23-11-4-12-24-41)43-25-15-22-39(34-43)50(38-20-9-3-10-21-38)49(36-16-5-1-6-17-36)37-18-7-2-8-19-37/h1-35H. The van der Waals surface area contributed by atoms with Gasteiger partial charge in [0.1, 0.15) is 5.82 Å². The fraction of sp³-hybridized carbons (Fsp3) is 0. The van der Waals surface area contributed by atoms with Gasteiger partial charge in [0, 0.05) is 33.5 Å². The van der Waals surface area contributed by atoms with E-state index in [0.717, 1.165) is 72.4 Å². The highest BCUT2D eigenvalue weighted by Crippen LogP contribution is 2.42. The topological polar surface area (TPSA) is 8.17 Å². The SMILES string of the molecule is Fc1ccc(-n2c3ccccc3c3cc(N(c4ccccc4)c4cccc(C(=C(c5ccccc5)c5ccccc5)c5ccccc5)c4)ccc32)cc1. The van der Waals surface area contributed by atoms with Crippen LogP contribution in [0.1, 0.15) is 22.3 Å². The molecule has 0 saturated heterocycles. The Bertz CT molecular complexity index is 2660. The molecule has 0 aliphatic carbocycles. The lowest BCUT2D eigenvalue weighted by atomic mass is 9.85. The van der Waals surface area contributed by atoms with Crippen molar-refractivity contribution >= 4 is 50.0 Å². The first-order valence-corrected chi connectivity index (χ1v) is 17.9. The first kappa shape index (κ1) is 32.0. The van der Waals surface area contributed by atoms with Crippen LogP contribution in [0.15, 0.2) is 212 Å². The molecule has 0 N–H and O–H groups in total. The molecule has 8 aromatic carbocycles. The Morgan fingerprint density at radius 2 is 0.830 bits per heavy atom. The Hall–Kier alpha value is -6.97. The van der Waals surface area contributed by atoms with E-state index in [2.05, 4.69) is 198 Å². The molecule has 0 aliphatic heterocycles. The van der Waals surface area contributed by atoms with Crippen molar-refractivity contribution < 1.29 is 4.39 Å². The lowest BCUT2D eigenvalue weighted by Crippen LogP contribution is -2.10. The summed E-state index contributed by atoms with van der Waals surface area (Å²) >= 11 is 0. The molecular formula is C50H35FN2. The molecule has 3 heteroatoms. The molecule has 0 radical (unpaired) electrons. The highest BCUT2D eigenvalue weighted by molar-refractivity contribution is 6.11. The second kappa shape index (κ2) is 14.0. The van der Waals surface area contributed by atoms with Gasteiger partial charge in [-0.25, -0.2) is 4.39 Å². The molecule has 1 aromatic heterocycles. The second-order valence-electron chi connectivity index (χ2n) is 13.1. The summed E-state index contributed by atoms with van der Waals surface area (Å²) in [6.07, 6.45) is 0. The van der Waals surface area contributed by atoms with Gasteiger partial charge >= 0.3 is 0 Å². The average Bonchev–Trinajstić information content (AvgIpc) is 3.55. The first-order chi connectivity index (χ1) is 26.2. The predicted molar refractivity (Wildman–Crippen MR) is 220 cm³/mol. The lowest BCUT2D eigenvalue weighted by Gasteiger charge is -2.27. The number of aromatic nitrogens is 1. The van der Waals surface area contributed by atoms with Gasteiger partial charge in [0.25, 0.3) is 0 Å². The second-order valence-corrected chi connectivity index (χ2v) is 13.1. The van der Waals surface area contributed by atoms with Crippen LogP contribution in [0.5, 0.6) is 0 Å². The van der Waals surface area contributed by atoms with Crippen molar-refractivity contribution in [3.63, 3.8) is 0 Å². The summed E-state index contributed by atoms with van der Waals surface area (Å²) in [5, 5.41) is 2.26. The number of anilines is 3. The minimum atomic E-state index is -0.248. The Morgan fingerprint density at radius 1 is 0.358 bits per heavy atom. The van der Waals surface area contributed by atoms with Crippen LogP contribution >= 0.6 is 0 Å². The van der Waals surface area contributed by atoms with Gasteiger partial charge in [0.05, 0.1) is 11.0 Å². The van der Waals surface area contributed by atoms with Crippen LogP contribution in [0.4, 0.5) is 21.5 Å². The Kier molecular flexibility index (Phi) is 8.43. The van der Waals surface area contributed by atoms with Crippen molar-refractivity contribution in [2.75, 3.05) is 4.90 Å². The van der Waals surface area contributed by atoms with Crippen molar-refractivity contribution in [3.05, 3.63) is 240 Å². The molecule has 53 heavy (non-hydrogen) atoms. The van der Waals surface area contributed by atoms with Gasteiger partial charge < -0.3 is 9.47 Å². The lowest BCUT2D eigenvalue weighted by molar-refractivity contribution is 0.627. The molecule has 0 amide bonds. The van der Waals surface area contributed by atoms with Gasteiger partial charge in [0.15, 0.2) is 0 Å². The van der Waals surface area contributed by atoms with Crippen molar-refractivity contribution in [2.45, 2.75) is 0 Å². The van der Waals surface area contributed by atoms with E-state index in [9.17, 15) is 4.39 Å². The number of benzene rings is 8. The van der Waals surface area contributed by atoms with Crippen LogP contribution in [0.25, 0.3) is 38.6 Å². The molecule has 0 unspecified atom stereocenters. The number of rotatable bonds is 8. The van der Waals surface area contributed by atoms with E-state index in [1.165, 1.54) is 17.7 Å². The van der Waals surface area contributed by atoms with E-state index in [1.54, 1.807) is 0 Å². The number of hydrogen-bond donors (Lipinski definition) is 0. The van der Waals surface area contributed by atoms with Crippen LogP contribution in [-0.2, 0) is 0 Å². The molecule has 0 bridgehead atoms. The summed E-state index contributed by atoms with van der Waals surface area (Å²) in [4.78, 5) is 2.33. The Morgan fingerprint density at radius 3 is 1.45 bits per heavy atom. The zero-order chi connectivity index (χ0) is 35.6. The Balaban J connectivity index is 1.27. The van der Waals surface area contributed by atoms with Gasteiger partial charge in [-0.1, -0.05) is 140 Å². The van der Waals surface area contributed by atoms with Gasteiger partial charge in [-0.2, -0.15) is 0 Å². The smallest absolute Gasteiger partial charge is 0.123 e. The van der Waals surface area contributed by atoms with Crippen molar-refractivity contribution in [1.29, 1.82) is 0 Å². The third-order valence-corrected chi connectivity index (χ3v) is 9.84. The van der Waals surface area contributed by atoms with Crippen molar-refractivity contribution in [2.24, 2.45) is 0 Å². The maximum atomic E-state index is 14.0. The summed E-state index contributed by atoms with van der Waals surface area (Å²) in [6, 6.07) is 73.3. The Labute approximate surface area is 309 Å². The number of halogens is 1. The number of fused-ring (bicyclic) bond motifs is 3.